The summed E-state index contributed by atoms with van der Waals surface area (Å²) in [6.07, 6.45) is 13.0. The molecule has 0 spiro atoms. The SMILES string of the molecule is C#CC1=CC2C(CCC3c4ccc(O)cc4CCC32)C1C. The van der Waals surface area contributed by atoms with Crippen LogP contribution in [-0.4, -0.2) is 5.11 Å². The van der Waals surface area contributed by atoms with Gasteiger partial charge in [-0.15, -0.1) is 6.42 Å². The molecular weight excluding hydrogens is 256 g/mol. The lowest BCUT2D eigenvalue weighted by Gasteiger charge is -2.44. The maximum atomic E-state index is 9.70. The van der Waals surface area contributed by atoms with Crippen molar-refractivity contribution in [1.29, 1.82) is 0 Å². The normalized spacial score (nSPS) is 37.0. The molecule has 0 aliphatic heterocycles. The molecule has 5 atom stereocenters. The number of rotatable bonds is 0. The molecule has 1 aromatic carbocycles. The van der Waals surface area contributed by atoms with Crippen LogP contribution in [-0.2, 0) is 6.42 Å². The monoisotopic (exact) mass is 278 g/mol. The third kappa shape index (κ3) is 1.85. The molecule has 1 nitrogen and oxygen atoms in total. The van der Waals surface area contributed by atoms with E-state index in [4.69, 9.17) is 6.42 Å². The summed E-state index contributed by atoms with van der Waals surface area (Å²) in [5.74, 6) is 6.74. The van der Waals surface area contributed by atoms with Crippen molar-refractivity contribution in [2.45, 2.75) is 38.5 Å². The van der Waals surface area contributed by atoms with Gasteiger partial charge in [0.25, 0.3) is 0 Å². The number of hydrogen-bond acceptors (Lipinski definition) is 1. The van der Waals surface area contributed by atoms with Gasteiger partial charge in [0.2, 0.25) is 0 Å². The summed E-state index contributed by atoms with van der Waals surface area (Å²) < 4.78 is 0. The number of terminal acetylenes is 1. The number of fused-ring (bicyclic) bond motifs is 5. The second-order valence-corrected chi connectivity index (χ2v) is 7.07. The first kappa shape index (κ1) is 13.0. The van der Waals surface area contributed by atoms with Gasteiger partial charge in [-0.1, -0.05) is 25.0 Å². The first-order chi connectivity index (χ1) is 10.2. The highest BCUT2D eigenvalue weighted by molar-refractivity contribution is 5.41. The molecule has 0 radical (unpaired) electrons. The standard InChI is InChI=1S/C20H22O/c1-3-13-11-20-16(12(13)2)8-9-18-17-7-5-15(21)10-14(17)4-6-19(18)20/h1,5,7,10-12,16,18-21H,4,6,8-9H2,2H3. The van der Waals surface area contributed by atoms with Crippen LogP contribution in [0, 0.1) is 36.0 Å². The zero-order valence-corrected chi connectivity index (χ0v) is 12.5. The highest BCUT2D eigenvalue weighted by Crippen LogP contribution is 2.55. The molecule has 1 saturated carbocycles. The van der Waals surface area contributed by atoms with Gasteiger partial charge in [-0.2, -0.15) is 0 Å². The number of aromatic hydroxyl groups is 1. The van der Waals surface area contributed by atoms with E-state index in [9.17, 15) is 5.11 Å². The molecule has 0 saturated heterocycles. The lowest BCUT2D eigenvalue weighted by atomic mass is 9.60. The fourth-order valence-corrected chi connectivity index (χ4v) is 5.24. The van der Waals surface area contributed by atoms with E-state index in [0.29, 0.717) is 23.5 Å². The van der Waals surface area contributed by atoms with Crippen molar-refractivity contribution in [1.82, 2.24) is 0 Å². The number of hydrogen-bond donors (Lipinski definition) is 1. The fourth-order valence-electron chi connectivity index (χ4n) is 5.24. The Kier molecular flexibility index (Phi) is 2.89. The molecule has 5 unspecified atom stereocenters. The van der Waals surface area contributed by atoms with Crippen LogP contribution in [0.25, 0.3) is 0 Å². The Labute approximate surface area is 127 Å². The summed E-state index contributed by atoms with van der Waals surface area (Å²) >= 11 is 0. The lowest BCUT2D eigenvalue weighted by molar-refractivity contribution is 0.137. The van der Waals surface area contributed by atoms with E-state index >= 15 is 0 Å². The maximum Gasteiger partial charge on any atom is 0.115 e. The van der Waals surface area contributed by atoms with E-state index in [1.54, 1.807) is 0 Å². The highest BCUT2D eigenvalue weighted by atomic mass is 16.3. The minimum atomic E-state index is 0.407. The second-order valence-electron chi connectivity index (χ2n) is 7.07. The first-order valence-electron chi connectivity index (χ1n) is 8.19. The Bertz CT molecular complexity index is 648. The van der Waals surface area contributed by atoms with E-state index in [1.165, 1.54) is 36.0 Å². The van der Waals surface area contributed by atoms with Gasteiger partial charge in [0.05, 0.1) is 0 Å². The van der Waals surface area contributed by atoms with Gasteiger partial charge in [-0.3, -0.25) is 0 Å². The molecular formula is C20H22O. The molecule has 0 aromatic heterocycles. The summed E-state index contributed by atoms with van der Waals surface area (Å²) in [5.41, 5.74) is 4.08. The van der Waals surface area contributed by atoms with Crippen molar-refractivity contribution in [3.8, 4) is 18.1 Å². The van der Waals surface area contributed by atoms with Crippen LogP contribution in [0.1, 0.15) is 43.2 Å². The number of phenols is 1. The van der Waals surface area contributed by atoms with Crippen LogP contribution in [0.3, 0.4) is 0 Å². The van der Waals surface area contributed by atoms with E-state index in [-0.39, 0.29) is 0 Å². The average molecular weight is 278 g/mol. The molecule has 0 heterocycles. The van der Waals surface area contributed by atoms with Gasteiger partial charge in [-0.25, -0.2) is 0 Å². The number of allylic oxidation sites excluding steroid dienone is 2. The van der Waals surface area contributed by atoms with Gasteiger partial charge in [0, 0.05) is 5.57 Å². The Balaban J connectivity index is 1.71. The maximum absolute atomic E-state index is 9.70. The Morgan fingerprint density at radius 2 is 2.05 bits per heavy atom. The summed E-state index contributed by atoms with van der Waals surface area (Å²) in [4.78, 5) is 0. The minimum absolute atomic E-state index is 0.407. The molecule has 1 heteroatoms. The Hall–Kier alpha value is -1.68. The van der Waals surface area contributed by atoms with Crippen LogP contribution >= 0.6 is 0 Å². The molecule has 3 aliphatic rings. The predicted octanol–water partition coefficient (Wildman–Crippen LogP) is 4.27. The van der Waals surface area contributed by atoms with Crippen LogP contribution in [0.2, 0.25) is 0 Å². The van der Waals surface area contributed by atoms with E-state index in [0.717, 1.165) is 18.3 Å². The Morgan fingerprint density at radius 3 is 2.86 bits per heavy atom. The van der Waals surface area contributed by atoms with Gasteiger partial charge >= 0.3 is 0 Å². The van der Waals surface area contributed by atoms with E-state index in [2.05, 4.69) is 25.0 Å². The summed E-state index contributed by atoms with van der Waals surface area (Å²) in [7, 11) is 0. The highest BCUT2D eigenvalue weighted by Gasteiger charge is 2.46. The zero-order valence-electron chi connectivity index (χ0n) is 12.5. The van der Waals surface area contributed by atoms with Gasteiger partial charge in [-0.05, 0) is 78.5 Å². The van der Waals surface area contributed by atoms with Crippen molar-refractivity contribution >= 4 is 0 Å². The average Bonchev–Trinajstić information content (AvgIpc) is 2.83. The van der Waals surface area contributed by atoms with E-state index < -0.39 is 0 Å². The molecule has 0 bridgehead atoms. The third-order valence-electron chi connectivity index (χ3n) is 6.26. The van der Waals surface area contributed by atoms with Crippen molar-refractivity contribution in [2.75, 3.05) is 0 Å². The van der Waals surface area contributed by atoms with Crippen molar-refractivity contribution in [2.24, 2.45) is 23.7 Å². The van der Waals surface area contributed by atoms with Gasteiger partial charge in [0.15, 0.2) is 0 Å². The fraction of sp³-hybridized carbons (Fsp3) is 0.500. The largest absolute Gasteiger partial charge is 0.508 e. The summed E-state index contributed by atoms with van der Waals surface area (Å²) in [6.45, 7) is 2.31. The molecule has 1 aromatic rings. The smallest absolute Gasteiger partial charge is 0.115 e. The molecule has 0 amide bonds. The van der Waals surface area contributed by atoms with Crippen molar-refractivity contribution < 1.29 is 5.11 Å². The van der Waals surface area contributed by atoms with Gasteiger partial charge in [0.1, 0.15) is 5.75 Å². The quantitative estimate of drug-likeness (QED) is 0.703. The second kappa shape index (κ2) is 4.67. The third-order valence-corrected chi connectivity index (χ3v) is 6.26. The Morgan fingerprint density at radius 1 is 1.19 bits per heavy atom. The molecule has 1 N–H and O–H groups in total. The van der Waals surface area contributed by atoms with E-state index in [1.807, 2.05) is 12.1 Å². The predicted molar refractivity (Wildman–Crippen MR) is 85.0 cm³/mol. The summed E-state index contributed by atoms with van der Waals surface area (Å²) in [5, 5.41) is 9.70. The first-order valence-corrected chi connectivity index (χ1v) is 8.19. The topological polar surface area (TPSA) is 20.2 Å². The van der Waals surface area contributed by atoms with Crippen LogP contribution in [0.5, 0.6) is 5.75 Å². The number of phenolic OH excluding ortho intramolecular Hbond substituents is 1. The molecule has 3 aliphatic carbocycles. The zero-order chi connectivity index (χ0) is 14.6. The number of benzene rings is 1. The molecule has 108 valence electrons. The van der Waals surface area contributed by atoms with Crippen LogP contribution in [0.15, 0.2) is 29.8 Å². The van der Waals surface area contributed by atoms with Gasteiger partial charge < -0.3 is 5.11 Å². The van der Waals surface area contributed by atoms with Crippen LogP contribution < -0.4 is 0 Å². The van der Waals surface area contributed by atoms with Crippen molar-refractivity contribution in [3.05, 3.63) is 41.0 Å². The molecule has 1 fully saturated rings. The minimum Gasteiger partial charge on any atom is -0.508 e. The molecule has 21 heavy (non-hydrogen) atoms. The molecule has 4 rings (SSSR count). The number of aryl methyl sites for hydroxylation is 1. The lowest BCUT2D eigenvalue weighted by Crippen LogP contribution is -2.35. The van der Waals surface area contributed by atoms with Crippen LogP contribution in [0.4, 0.5) is 0 Å². The van der Waals surface area contributed by atoms with Crippen molar-refractivity contribution in [3.63, 3.8) is 0 Å². The summed E-state index contributed by atoms with van der Waals surface area (Å²) in [6, 6.07) is 5.98.